The number of benzene rings is 1. The van der Waals surface area contributed by atoms with Gasteiger partial charge < -0.3 is 10.5 Å². The molecule has 2 N–H and O–H groups in total. The summed E-state index contributed by atoms with van der Waals surface area (Å²) in [4.78, 5) is 0. The summed E-state index contributed by atoms with van der Waals surface area (Å²) in [7, 11) is -0.821. The molecule has 7 nitrogen and oxygen atoms in total. The second-order valence-electron chi connectivity index (χ2n) is 4.51. The summed E-state index contributed by atoms with van der Waals surface area (Å²) in [5, 5.41) is 11.7. The van der Waals surface area contributed by atoms with Gasteiger partial charge in [-0.15, -0.1) is 5.10 Å². The van der Waals surface area contributed by atoms with Crippen molar-refractivity contribution in [1.29, 1.82) is 0 Å². The molecule has 2 aromatic rings. The van der Waals surface area contributed by atoms with Gasteiger partial charge >= 0.3 is 0 Å². The summed E-state index contributed by atoms with van der Waals surface area (Å²) in [5.41, 5.74) is 7.31. The fourth-order valence-electron chi connectivity index (χ4n) is 2.02. The van der Waals surface area contributed by atoms with Gasteiger partial charge in [-0.3, -0.25) is 4.21 Å². The Morgan fingerprint density at radius 3 is 2.95 bits per heavy atom. The van der Waals surface area contributed by atoms with Crippen molar-refractivity contribution in [2.45, 2.75) is 19.9 Å². The maximum absolute atomic E-state index is 11.1. The van der Waals surface area contributed by atoms with Crippen molar-refractivity contribution in [2.24, 2.45) is 0 Å². The summed E-state index contributed by atoms with van der Waals surface area (Å²) in [5.74, 6) is 1.84. The van der Waals surface area contributed by atoms with Crippen LogP contribution in [0.5, 0.6) is 5.75 Å². The molecule has 2 rings (SSSR count). The van der Waals surface area contributed by atoms with Gasteiger partial charge in [0, 0.05) is 35.0 Å². The van der Waals surface area contributed by atoms with Crippen LogP contribution < -0.4 is 10.5 Å². The van der Waals surface area contributed by atoms with Crippen molar-refractivity contribution < 1.29 is 8.95 Å². The van der Waals surface area contributed by atoms with E-state index in [0.29, 0.717) is 41.7 Å². The number of rotatable bonds is 7. The van der Waals surface area contributed by atoms with E-state index in [9.17, 15) is 4.21 Å². The van der Waals surface area contributed by atoms with Gasteiger partial charge in [0.15, 0.2) is 5.82 Å². The standard InChI is InChI=1S/C13H19N5O2S/c1-3-20-11-7-4-6-10(14)12(11)13-15-16-17-18(13)8-5-9-21(2)19/h4,6-7H,3,5,8-9,14H2,1-2H3. The van der Waals surface area contributed by atoms with Crippen molar-refractivity contribution >= 4 is 16.5 Å². The number of hydrogen-bond acceptors (Lipinski definition) is 6. The third kappa shape index (κ3) is 3.78. The second-order valence-corrected chi connectivity index (χ2v) is 6.06. The van der Waals surface area contributed by atoms with Crippen LogP contribution in [0.15, 0.2) is 18.2 Å². The largest absolute Gasteiger partial charge is 0.493 e. The third-order valence-corrected chi connectivity index (χ3v) is 3.78. The first-order chi connectivity index (χ1) is 10.1. The van der Waals surface area contributed by atoms with Crippen molar-refractivity contribution in [1.82, 2.24) is 20.2 Å². The van der Waals surface area contributed by atoms with Crippen molar-refractivity contribution in [3.63, 3.8) is 0 Å². The van der Waals surface area contributed by atoms with Crippen LogP contribution in [0.3, 0.4) is 0 Å². The molecule has 0 saturated carbocycles. The zero-order chi connectivity index (χ0) is 15.2. The summed E-state index contributed by atoms with van der Waals surface area (Å²) in [6.07, 6.45) is 2.42. The van der Waals surface area contributed by atoms with E-state index >= 15 is 0 Å². The average Bonchev–Trinajstić information content (AvgIpc) is 2.87. The molecule has 1 aromatic heterocycles. The first-order valence-corrected chi connectivity index (χ1v) is 8.44. The van der Waals surface area contributed by atoms with Crippen LogP contribution >= 0.6 is 0 Å². The number of nitrogens with two attached hydrogens (primary N) is 1. The number of aromatic nitrogens is 4. The molecular weight excluding hydrogens is 290 g/mol. The number of ether oxygens (including phenoxy) is 1. The van der Waals surface area contributed by atoms with E-state index in [2.05, 4.69) is 15.5 Å². The molecule has 21 heavy (non-hydrogen) atoms. The van der Waals surface area contributed by atoms with Crippen LogP contribution in [0, 0.1) is 0 Å². The van der Waals surface area contributed by atoms with Gasteiger partial charge in [-0.1, -0.05) is 6.07 Å². The first-order valence-electron chi connectivity index (χ1n) is 6.71. The van der Waals surface area contributed by atoms with Crippen molar-refractivity contribution in [3.8, 4) is 17.1 Å². The monoisotopic (exact) mass is 309 g/mol. The molecule has 1 heterocycles. The fourth-order valence-corrected chi connectivity index (χ4v) is 2.55. The van der Waals surface area contributed by atoms with Gasteiger partial charge in [0.1, 0.15) is 5.75 Å². The SMILES string of the molecule is CCOc1cccc(N)c1-c1nnnn1CCCS(C)=O. The third-order valence-electron chi connectivity index (χ3n) is 2.92. The molecule has 1 atom stereocenters. The Morgan fingerprint density at radius 2 is 2.24 bits per heavy atom. The van der Waals surface area contributed by atoms with Gasteiger partial charge in [-0.25, -0.2) is 4.68 Å². The Labute approximate surface area is 125 Å². The predicted octanol–water partition coefficient (Wildman–Crippen LogP) is 1.09. The maximum Gasteiger partial charge on any atom is 0.187 e. The molecule has 8 heteroatoms. The normalized spacial score (nSPS) is 12.3. The minimum Gasteiger partial charge on any atom is -0.493 e. The molecule has 0 fully saturated rings. The minimum absolute atomic E-state index is 0.535. The first kappa shape index (κ1) is 15.4. The molecule has 0 saturated heterocycles. The summed E-state index contributed by atoms with van der Waals surface area (Å²) >= 11 is 0. The Hall–Kier alpha value is -1.96. The van der Waals surface area contributed by atoms with Gasteiger partial charge in [-0.2, -0.15) is 0 Å². The van der Waals surface area contributed by atoms with Crippen LogP contribution in [0.4, 0.5) is 5.69 Å². The number of tetrazole rings is 1. The highest BCUT2D eigenvalue weighted by atomic mass is 32.2. The van der Waals surface area contributed by atoms with Gasteiger partial charge in [0.2, 0.25) is 0 Å². The van der Waals surface area contributed by atoms with Gasteiger partial charge in [-0.05, 0) is 35.9 Å². The highest BCUT2D eigenvalue weighted by Gasteiger charge is 2.17. The highest BCUT2D eigenvalue weighted by molar-refractivity contribution is 7.84. The average molecular weight is 309 g/mol. The molecule has 0 aliphatic rings. The number of nitrogen functional groups attached to an aromatic ring is 1. The van der Waals surface area contributed by atoms with Crippen LogP contribution in [-0.4, -0.2) is 43.0 Å². The van der Waals surface area contributed by atoms with E-state index in [4.69, 9.17) is 10.5 Å². The topological polar surface area (TPSA) is 95.9 Å². The Kier molecular flexibility index (Phi) is 5.26. The minimum atomic E-state index is -0.821. The lowest BCUT2D eigenvalue weighted by atomic mass is 10.1. The molecule has 1 aromatic carbocycles. The zero-order valence-electron chi connectivity index (χ0n) is 12.2. The number of nitrogens with zero attached hydrogens (tertiary/aromatic N) is 4. The highest BCUT2D eigenvalue weighted by Crippen LogP contribution is 2.33. The maximum atomic E-state index is 11.1. The molecule has 114 valence electrons. The summed E-state index contributed by atoms with van der Waals surface area (Å²) in [6.45, 7) is 3.03. The van der Waals surface area contributed by atoms with Crippen molar-refractivity contribution in [3.05, 3.63) is 18.2 Å². The van der Waals surface area contributed by atoms with E-state index < -0.39 is 10.8 Å². The number of aryl methyl sites for hydroxylation is 1. The number of hydrogen-bond donors (Lipinski definition) is 1. The second kappa shape index (κ2) is 7.16. The van der Waals surface area contributed by atoms with Gasteiger partial charge in [0.25, 0.3) is 0 Å². The molecule has 0 amide bonds. The lowest BCUT2D eigenvalue weighted by molar-refractivity contribution is 0.341. The van der Waals surface area contributed by atoms with Gasteiger partial charge in [0.05, 0.1) is 12.2 Å². The Morgan fingerprint density at radius 1 is 1.43 bits per heavy atom. The van der Waals surface area contributed by atoms with E-state index in [0.717, 1.165) is 6.42 Å². The molecule has 0 bridgehead atoms. The summed E-state index contributed by atoms with van der Waals surface area (Å²) in [6, 6.07) is 5.46. The van der Waals surface area contributed by atoms with Crippen LogP contribution in [-0.2, 0) is 17.3 Å². The molecule has 1 unspecified atom stereocenters. The zero-order valence-corrected chi connectivity index (χ0v) is 13.0. The lowest BCUT2D eigenvalue weighted by Gasteiger charge is -2.12. The predicted molar refractivity (Wildman–Crippen MR) is 82.4 cm³/mol. The molecule has 0 aliphatic carbocycles. The van der Waals surface area contributed by atoms with E-state index in [1.54, 1.807) is 17.0 Å². The Balaban J connectivity index is 2.30. The fraction of sp³-hybridized carbons (Fsp3) is 0.462. The lowest BCUT2D eigenvalue weighted by Crippen LogP contribution is -2.08. The molecule has 0 spiro atoms. The molecular formula is C13H19N5O2S. The Bertz CT molecular complexity index is 629. The van der Waals surface area contributed by atoms with Crippen LogP contribution in [0.2, 0.25) is 0 Å². The molecule has 0 radical (unpaired) electrons. The smallest absolute Gasteiger partial charge is 0.187 e. The molecule has 0 aliphatic heterocycles. The van der Waals surface area contributed by atoms with Crippen LogP contribution in [0.1, 0.15) is 13.3 Å². The quantitative estimate of drug-likeness (QED) is 0.769. The van der Waals surface area contributed by atoms with E-state index in [1.165, 1.54) is 0 Å². The van der Waals surface area contributed by atoms with E-state index in [-0.39, 0.29) is 0 Å². The number of anilines is 1. The van der Waals surface area contributed by atoms with E-state index in [1.807, 2.05) is 19.1 Å². The summed E-state index contributed by atoms with van der Waals surface area (Å²) < 4.78 is 18.4. The van der Waals surface area contributed by atoms with Crippen LogP contribution in [0.25, 0.3) is 11.4 Å². The van der Waals surface area contributed by atoms with Crippen molar-refractivity contribution in [2.75, 3.05) is 24.3 Å².